The molecular formula is C44H46Cl4N8. The van der Waals surface area contributed by atoms with Crippen LogP contribution in [-0.2, 0) is 0 Å². The molecule has 0 atom stereocenters. The second-order valence-corrected chi connectivity index (χ2v) is 12.0. The Morgan fingerprint density at radius 3 is 0.768 bits per heavy atom. The van der Waals surface area contributed by atoms with Gasteiger partial charge in [-0.1, -0.05) is 0 Å². The first-order valence-electron chi connectivity index (χ1n) is 16.9. The van der Waals surface area contributed by atoms with Gasteiger partial charge >= 0.3 is 0 Å². The molecular weight excluding hydrogens is 782 g/mol. The van der Waals surface area contributed by atoms with Gasteiger partial charge in [0.05, 0.1) is 22.8 Å². The molecule has 2 N–H and O–H groups in total. The first-order valence-corrected chi connectivity index (χ1v) is 16.9. The maximum Gasteiger partial charge on any atom is 0.0659 e. The number of halogens is 4. The minimum absolute atomic E-state index is 0. The Bertz CT molecular complexity index is 2110. The number of pyridine rings is 4. The lowest BCUT2D eigenvalue weighted by Gasteiger charge is -1.86. The molecule has 0 amide bonds. The van der Waals surface area contributed by atoms with Crippen LogP contribution in [0.3, 0.4) is 0 Å². The van der Waals surface area contributed by atoms with Crippen molar-refractivity contribution in [1.82, 2.24) is 39.9 Å². The number of fused-ring (bicyclic) bond motifs is 8. The van der Waals surface area contributed by atoms with Gasteiger partial charge in [0.15, 0.2) is 0 Å². The second kappa shape index (κ2) is 26.2. The Hall–Kier alpha value is -5.64. The van der Waals surface area contributed by atoms with Crippen molar-refractivity contribution < 1.29 is 0 Å². The molecule has 0 unspecified atom stereocenters. The van der Waals surface area contributed by atoms with Gasteiger partial charge in [-0.05, 0) is 171 Å². The van der Waals surface area contributed by atoms with Crippen LogP contribution in [0.4, 0.5) is 0 Å². The second-order valence-electron chi connectivity index (χ2n) is 12.0. The van der Waals surface area contributed by atoms with Crippen LogP contribution in [0.15, 0.2) is 147 Å². The van der Waals surface area contributed by atoms with Crippen molar-refractivity contribution in [3.05, 3.63) is 192 Å². The van der Waals surface area contributed by atoms with Crippen molar-refractivity contribution in [3.8, 4) is 0 Å². The Morgan fingerprint density at radius 1 is 0.304 bits per heavy atom. The summed E-state index contributed by atoms with van der Waals surface area (Å²) in [5, 5.41) is 0. The normalized spacial score (nSPS) is 9.79. The first-order chi connectivity index (χ1) is 25.4. The number of aromatic nitrogens is 8. The number of rotatable bonds is 0. The summed E-state index contributed by atoms with van der Waals surface area (Å²) < 4.78 is 0. The van der Waals surface area contributed by atoms with Crippen LogP contribution in [0.2, 0.25) is 0 Å². The van der Waals surface area contributed by atoms with Gasteiger partial charge in [-0.2, -0.15) is 0 Å². The number of H-pyrrole nitrogens is 2. The van der Waals surface area contributed by atoms with Gasteiger partial charge in [-0.3, -0.25) is 19.9 Å². The molecule has 0 aromatic carbocycles. The van der Waals surface area contributed by atoms with Crippen molar-refractivity contribution >= 4 is 96.0 Å². The highest BCUT2D eigenvalue weighted by atomic mass is 35.5. The Balaban J connectivity index is 0.000000405. The smallest absolute Gasteiger partial charge is 0.0659 e. The fraction of sp³-hybridized carbons (Fsp3) is 0.0909. The van der Waals surface area contributed by atoms with E-state index in [0.717, 1.165) is 44.8 Å². The van der Waals surface area contributed by atoms with E-state index in [-0.39, 0.29) is 49.6 Å². The summed E-state index contributed by atoms with van der Waals surface area (Å²) in [6.45, 7) is 8.17. The van der Waals surface area contributed by atoms with Gasteiger partial charge in [-0.15, -0.1) is 49.6 Å². The van der Waals surface area contributed by atoms with Crippen molar-refractivity contribution in [1.29, 1.82) is 0 Å². The van der Waals surface area contributed by atoms with E-state index in [1.807, 2.05) is 119 Å². The van der Waals surface area contributed by atoms with E-state index in [4.69, 9.17) is 0 Å². The third-order valence-corrected chi connectivity index (χ3v) is 7.43. The highest BCUT2D eigenvalue weighted by Crippen LogP contribution is 2.17. The minimum atomic E-state index is 0. The number of aryl methyl sites for hydroxylation is 4. The monoisotopic (exact) mass is 826 g/mol. The number of aromatic amines is 2. The third kappa shape index (κ3) is 17.7. The summed E-state index contributed by atoms with van der Waals surface area (Å²) in [7, 11) is 0. The Labute approximate surface area is 353 Å². The van der Waals surface area contributed by atoms with Gasteiger partial charge < -0.3 is 9.97 Å². The Morgan fingerprint density at radius 2 is 0.536 bits per heavy atom. The standard InChI is InChI=1S/C20H14N4.4C6H7N.4ClH/c1-2-14-10-16-5-6-18(23-16)12-20-8-7-19(24-20)11-17-4-3-15(22-17)9-13(1)21-14;4*1-6-2-4-7-5-3-6;;;;/h1-12,21-22H;4*2-5H,1H3;4*1H. The number of hydrogen-bond acceptors (Lipinski definition) is 6. The zero-order valence-electron chi connectivity index (χ0n) is 31.5. The summed E-state index contributed by atoms with van der Waals surface area (Å²) in [5.74, 6) is 0. The Kier molecular flexibility index (Phi) is 22.6. The fourth-order valence-electron chi connectivity index (χ4n) is 4.65. The number of nitrogens with one attached hydrogen (secondary N) is 2. The number of hydrogen-bond donors (Lipinski definition) is 2. The van der Waals surface area contributed by atoms with Crippen LogP contribution in [0.25, 0.3) is 46.4 Å². The summed E-state index contributed by atoms with van der Waals surface area (Å²) >= 11 is 0. The van der Waals surface area contributed by atoms with Crippen LogP contribution >= 0.6 is 49.6 Å². The highest BCUT2D eigenvalue weighted by molar-refractivity contribution is 5.86. The van der Waals surface area contributed by atoms with Crippen molar-refractivity contribution in [2.75, 3.05) is 0 Å². The average Bonchev–Trinajstić information content (AvgIpc) is 3.98. The van der Waals surface area contributed by atoms with Crippen molar-refractivity contribution in [2.45, 2.75) is 27.7 Å². The molecule has 2 aliphatic heterocycles. The van der Waals surface area contributed by atoms with E-state index in [2.05, 4.69) is 70.2 Å². The maximum absolute atomic E-state index is 4.62. The van der Waals surface area contributed by atoms with Crippen molar-refractivity contribution in [2.24, 2.45) is 0 Å². The molecule has 0 saturated carbocycles. The lowest BCUT2D eigenvalue weighted by Crippen LogP contribution is -1.77. The van der Waals surface area contributed by atoms with Crippen LogP contribution in [0.5, 0.6) is 0 Å². The van der Waals surface area contributed by atoms with Crippen LogP contribution < -0.4 is 0 Å². The zero-order chi connectivity index (χ0) is 36.4. The van der Waals surface area contributed by atoms with E-state index >= 15 is 0 Å². The van der Waals surface area contributed by atoms with Crippen molar-refractivity contribution in [3.63, 3.8) is 0 Å². The summed E-state index contributed by atoms with van der Waals surface area (Å²) in [6, 6.07) is 32.2. The molecule has 9 heterocycles. The predicted octanol–water partition coefficient (Wildman–Crippen LogP) is 11.9. The molecule has 0 fully saturated rings. The molecule has 7 aromatic rings. The van der Waals surface area contributed by atoms with Crippen LogP contribution in [0.1, 0.15) is 45.0 Å². The van der Waals surface area contributed by atoms with E-state index in [9.17, 15) is 0 Å². The first kappa shape index (κ1) is 48.4. The molecule has 9 rings (SSSR count). The summed E-state index contributed by atoms with van der Waals surface area (Å²) in [4.78, 5) is 31.4. The molecule has 56 heavy (non-hydrogen) atoms. The summed E-state index contributed by atoms with van der Waals surface area (Å²) in [6.07, 6.45) is 22.3. The van der Waals surface area contributed by atoms with Crippen LogP contribution in [-0.4, -0.2) is 39.9 Å². The van der Waals surface area contributed by atoms with E-state index in [0.29, 0.717) is 0 Å². The highest BCUT2D eigenvalue weighted by Gasteiger charge is 2.02. The lowest BCUT2D eigenvalue weighted by molar-refractivity contribution is 1.28. The van der Waals surface area contributed by atoms with E-state index in [1.54, 1.807) is 49.6 Å². The molecule has 12 heteroatoms. The molecule has 0 spiro atoms. The minimum Gasteiger partial charge on any atom is -0.355 e. The molecule has 8 nitrogen and oxygen atoms in total. The van der Waals surface area contributed by atoms with Gasteiger partial charge in [0, 0.05) is 71.6 Å². The molecule has 8 bridgehead atoms. The predicted molar refractivity (Wildman–Crippen MR) is 244 cm³/mol. The molecule has 0 aliphatic carbocycles. The third-order valence-electron chi connectivity index (χ3n) is 7.43. The molecule has 290 valence electrons. The molecule has 7 aromatic heterocycles. The lowest BCUT2D eigenvalue weighted by atomic mass is 10.3. The molecule has 0 radical (unpaired) electrons. The van der Waals surface area contributed by atoms with Gasteiger partial charge in [-0.25, -0.2) is 9.97 Å². The topological polar surface area (TPSA) is 109 Å². The number of nitrogens with zero attached hydrogens (tertiary/aromatic N) is 6. The molecule has 0 saturated heterocycles. The van der Waals surface area contributed by atoms with E-state index in [1.165, 1.54) is 22.3 Å². The van der Waals surface area contributed by atoms with Gasteiger partial charge in [0.25, 0.3) is 0 Å². The zero-order valence-corrected chi connectivity index (χ0v) is 34.7. The van der Waals surface area contributed by atoms with Gasteiger partial charge in [0.2, 0.25) is 0 Å². The van der Waals surface area contributed by atoms with Gasteiger partial charge in [0.1, 0.15) is 0 Å². The SMILES string of the molecule is C1=Cc2cc3ccc(cc4ccc(cc5nc(cc1n2)C=C5)[nH]4)[nH]3.Cc1ccncc1.Cc1ccncc1.Cc1ccncc1.Cc1ccncc1.Cl.Cl.Cl.Cl. The van der Waals surface area contributed by atoms with Crippen LogP contribution in [0, 0.1) is 27.7 Å². The molecule has 2 aliphatic rings. The fourth-order valence-corrected chi connectivity index (χ4v) is 4.65. The maximum atomic E-state index is 4.62. The average molecular weight is 829 g/mol. The largest absolute Gasteiger partial charge is 0.355 e. The quantitative estimate of drug-likeness (QED) is 0.158. The van der Waals surface area contributed by atoms with E-state index < -0.39 is 0 Å². The summed E-state index contributed by atoms with van der Waals surface area (Å²) in [5.41, 5.74) is 12.9.